The van der Waals surface area contributed by atoms with Crippen LogP contribution in [0.25, 0.3) is 0 Å². The third-order valence-electron chi connectivity index (χ3n) is 3.35. The van der Waals surface area contributed by atoms with Gasteiger partial charge in [0, 0.05) is 12.5 Å². The van der Waals surface area contributed by atoms with E-state index in [1.807, 2.05) is 54.6 Å². The molecule has 0 fully saturated rings. The summed E-state index contributed by atoms with van der Waals surface area (Å²) in [4.78, 5) is 11.0. The van der Waals surface area contributed by atoms with Crippen molar-refractivity contribution < 1.29 is 24.1 Å². The van der Waals surface area contributed by atoms with Gasteiger partial charge in [0.2, 0.25) is 0 Å². The molecule has 0 spiro atoms. The van der Waals surface area contributed by atoms with Crippen molar-refractivity contribution in [2.24, 2.45) is 0 Å². The molecule has 1 atom stereocenters. The van der Waals surface area contributed by atoms with Gasteiger partial charge in [0.05, 0.1) is 6.61 Å². The smallest absolute Gasteiger partial charge is 0.330 e. The molecule has 0 saturated heterocycles. The minimum atomic E-state index is -0.724. The van der Waals surface area contributed by atoms with Crippen molar-refractivity contribution in [3.63, 3.8) is 0 Å². The highest BCUT2D eigenvalue weighted by Gasteiger charge is 2.07. The van der Waals surface area contributed by atoms with E-state index in [1.54, 1.807) is 0 Å². The molecule has 132 valence electrons. The summed E-state index contributed by atoms with van der Waals surface area (Å²) in [5, 5.41) is 9.91. The second kappa shape index (κ2) is 10.2. The average molecular weight is 342 g/mol. The highest BCUT2D eigenvalue weighted by atomic mass is 16.5. The molecule has 0 radical (unpaired) electrons. The fourth-order valence-corrected chi connectivity index (χ4v) is 2.03. The summed E-state index contributed by atoms with van der Waals surface area (Å²) in [5.74, 6) is 0.945. The third-order valence-corrected chi connectivity index (χ3v) is 3.35. The number of benzene rings is 2. The summed E-state index contributed by atoms with van der Waals surface area (Å²) in [6.45, 7) is 3.95. The van der Waals surface area contributed by atoms with E-state index in [9.17, 15) is 9.90 Å². The summed E-state index contributed by atoms with van der Waals surface area (Å²) >= 11 is 0. The molecule has 0 heterocycles. The molecule has 0 amide bonds. The van der Waals surface area contributed by atoms with Crippen LogP contribution < -0.4 is 9.47 Å². The Hall–Kier alpha value is -2.79. The molecule has 0 aliphatic carbocycles. The van der Waals surface area contributed by atoms with Crippen molar-refractivity contribution in [2.45, 2.75) is 12.5 Å². The van der Waals surface area contributed by atoms with Crippen LogP contribution in [0.2, 0.25) is 0 Å². The summed E-state index contributed by atoms with van der Waals surface area (Å²) in [5.41, 5.74) is 1.03. The van der Waals surface area contributed by atoms with Gasteiger partial charge in [-0.3, -0.25) is 0 Å². The van der Waals surface area contributed by atoms with Crippen LogP contribution in [0.1, 0.15) is 5.56 Å². The zero-order chi connectivity index (χ0) is 17.9. The number of hydrogen-bond donors (Lipinski definition) is 1. The van der Waals surface area contributed by atoms with Gasteiger partial charge >= 0.3 is 5.97 Å². The second-order valence-corrected chi connectivity index (χ2v) is 5.35. The largest absolute Gasteiger partial charge is 0.491 e. The number of ether oxygens (including phenoxy) is 3. The Morgan fingerprint density at radius 3 is 2.20 bits per heavy atom. The highest BCUT2D eigenvalue weighted by molar-refractivity contribution is 5.81. The number of aliphatic hydroxyl groups is 1. The van der Waals surface area contributed by atoms with Gasteiger partial charge in [-0.25, -0.2) is 4.79 Å². The zero-order valence-corrected chi connectivity index (χ0v) is 14.0. The number of esters is 1. The Morgan fingerprint density at radius 2 is 1.60 bits per heavy atom. The predicted molar refractivity (Wildman–Crippen MR) is 94.7 cm³/mol. The van der Waals surface area contributed by atoms with Gasteiger partial charge < -0.3 is 19.3 Å². The van der Waals surface area contributed by atoms with E-state index in [0.717, 1.165) is 11.6 Å². The Kier molecular flexibility index (Phi) is 7.53. The van der Waals surface area contributed by atoms with Gasteiger partial charge in [-0.15, -0.1) is 0 Å². The topological polar surface area (TPSA) is 65.0 Å². The molecular weight excluding hydrogens is 320 g/mol. The van der Waals surface area contributed by atoms with E-state index in [-0.39, 0.29) is 13.2 Å². The summed E-state index contributed by atoms with van der Waals surface area (Å²) in [6.07, 6.45) is 1.04. The van der Waals surface area contributed by atoms with Crippen molar-refractivity contribution in [1.29, 1.82) is 0 Å². The van der Waals surface area contributed by atoms with Crippen molar-refractivity contribution in [3.8, 4) is 11.5 Å². The summed E-state index contributed by atoms with van der Waals surface area (Å²) in [7, 11) is 0. The molecule has 0 saturated carbocycles. The van der Waals surface area contributed by atoms with E-state index < -0.39 is 12.1 Å². The first kappa shape index (κ1) is 18.5. The fourth-order valence-electron chi connectivity index (χ4n) is 2.03. The molecule has 25 heavy (non-hydrogen) atoms. The maximum Gasteiger partial charge on any atom is 0.330 e. The number of para-hydroxylation sites is 1. The standard InChI is InChI=1S/C20H22O5/c1-2-20(22)23-13-12-16-8-10-19(11-9-16)25-15-17(21)14-24-18-6-4-3-5-7-18/h2-11,17,21H,1,12-15H2. The molecule has 0 aliphatic heterocycles. The minimum absolute atomic E-state index is 0.142. The van der Waals surface area contributed by atoms with Gasteiger partial charge in [0.1, 0.15) is 30.8 Å². The normalized spacial score (nSPS) is 11.4. The monoisotopic (exact) mass is 342 g/mol. The first-order chi connectivity index (χ1) is 12.2. The molecule has 0 aromatic heterocycles. The van der Waals surface area contributed by atoms with Crippen molar-refractivity contribution in [2.75, 3.05) is 19.8 Å². The minimum Gasteiger partial charge on any atom is -0.491 e. The SMILES string of the molecule is C=CC(=O)OCCc1ccc(OCC(O)COc2ccccc2)cc1. The van der Waals surface area contributed by atoms with Crippen LogP contribution in [0.15, 0.2) is 67.3 Å². The molecule has 5 heteroatoms. The maximum atomic E-state index is 11.0. The van der Waals surface area contributed by atoms with Gasteiger partial charge in [0.15, 0.2) is 0 Å². The van der Waals surface area contributed by atoms with E-state index in [0.29, 0.717) is 24.5 Å². The van der Waals surface area contributed by atoms with Crippen LogP contribution in [0.4, 0.5) is 0 Å². The van der Waals surface area contributed by atoms with Crippen LogP contribution >= 0.6 is 0 Å². The predicted octanol–water partition coefficient (Wildman–Crippen LogP) is 2.78. The lowest BCUT2D eigenvalue weighted by Gasteiger charge is -2.14. The molecule has 2 aromatic rings. The molecule has 0 bridgehead atoms. The Labute approximate surface area is 147 Å². The van der Waals surface area contributed by atoms with Crippen LogP contribution in [-0.4, -0.2) is 37.0 Å². The van der Waals surface area contributed by atoms with Crippen molar-refractivity contribution >= 4 is 5.97 Å². The summed E-state index contributed by atoms with van der Waals surface area (Å²) in [6, 6.07) is 16.7. The van der Waals surface area contributed by atoms with E-state index >= 15 is 0 Å². The van der Waals surface area contributed by atoms with Gasteiger partial charge in [-0.1, -0.05) is 36.9 Å². The van der Waals surface area contributed by atoms with Crippen LogP contribution in [0, 0.1) is 0 Å². The van der Waals surface area contributed by atoms with Gasteiger partial charge in [-0.05, 0) is 29.8 Å². The molecule has 0 aliphatic rings. The van der Waals surface area contributed by atoms with Gasteiger partial charge in [-0.2, -0.15) is 0 Å². The van der Waals surface area contributed by atoms with Crippen LogP contribution in [0.3, 0.4) is 0 Å². The van der Waals surface area contributed by atoms with E-state index in [1.165, 1.54) is 0 Å². The average Bonchev–Trinajstić information content (AvgIpc) is 2.66. The van der Waals surface area contributed by atoms with Crippen LogP contribution in [-0.2, 0) is 16.0 Å². The first-order valence-corrected chi connectivity index (χ1v) is 8.04. The highest BCUT2D eigenvalue weighted by Crippen LogP contribution is 2.14. The number of aliphatic hydroxyl groups excluding tert-OH is 1. The Balaban J connectivity index is 1.68. The van der Waals surface area contributed by atoms with Crippen molar-refractivity contribution in [1.82, 2.24) is 0 Å². The number of carbonyl (C=O) groups excluding carboxylic acids is 1. The van der Waals surface area contributed by atoms with Gasteiger partial charge in [0.25, 0.3) is 0 Å². The van der Waals surface area contributed by atoms with E-state index in [2.05, 4.69) is 6.58 Å². The third kappa shape index (κ3) is 7.10. The summed E-state index contributed by atoms with van der Waals surface area (Å²) < 4.78 is 15.9. The number of hydrogen-bond acceptors (Lipinski definition) is 5. The lowest BCUT2D eigenvalue weighted by Crippen LogP contribution is -2.25. The Bertz CT molecular complexity index is 652. The lowest BCUT2D eigenvalue weighted by molar-refractivity contribution is -0.137. The van der Waals surface area contributed by atoms with Crippen molar-refractivity contribution in [3.05, 3.63) is 72.8 Å². The number of carbonyl (C=O) groups is 1. The van der Waals surface area contributed by atoms with E-state index in [4.69, 9.17) is 14.2 Å². The number of rotatable bonds is 10. The molecule has 1 N–H and O–H groups in total. The molecule has 2 aromatic carbocycles. The molecule has 2 rings (SSSR count). The zero-order valence-electron chi connectivity index (χ0n) is 14.0. The lowest BCUT2D eigenvalue weighted by atomic mass is 10.1. The second-order valence-electron chi connectivity index (χ2n) is 5.35. The fraction of sp³-hybridized carbons (Fsp3) is 0.250. The van der Waals surface area contributed by atoms with Crippen LogP contribution in [0.5, 0.6) is 11.5 Å². The maximum absolute atomic E-state index is 11.0. The Morgan fingerprint density at radius 1 is 1.00 bits per heavy atom. The quantitative estimate of drug-likeness (QED) is 0.531. The molecule has 5 nitrogen and oxygen atoms in total. The molecule has 1 unspecified atom stereocenters. The molecular formula is C20H22O5. The first-order valence-electron chi connectivity index (χ1n) is 8.04.